The van der Waals surface area contributed by atoms with Crippen molar-refractivity contribution in [3.8, 4) is 28.8 Å². The zero-order chi connectivity index (χ0) is 51.6. The van der Waals surface area contributed by atoms with Crippen molar-refractivity contribution in [3.05, 3.63) is 102 Å². The fraction of sp³-hybridized carbons (Fsp3) is 0.436. The van der Waals surface area contributed by atoms with Gasteiger partial charge in [0.05, 0.1) is 47.6 Å². The molecule has 4 saturated heterocycles. The molecule has 19 heteroatoms. The van der Waals surface area contributed by atoms with Crippen molar-refractivity contribution in [2.24, 2.45) is 11.8 Å². The van der Waals surface area contributed by atoms with Gasteiger partial charge >= 0.3 is 6.18 Å². The second-order valence-electron chi connectivity index (χ2n) is 20.2. The van der Waals surface area contributed by atoms with E-state index in [1.54, 1.807) is 66.9 Å². The number of hydrogen-bond acceptors (Lipinski definition) is 11. The lowest BCUT2D eigenvalue weighted by Crippen LogP contribution is -2.58. The number of pyridine rings is 1. The number of alkyl halides is 3. The van der Waals surface area contributed by atoms with E-state index < -0.39 is 36.4 Å². The van der Waals surface area contributed by atoms with Crippen molar-refractivity contribution in [2.75, 3.05) is 69.2 Å². The Morgan fingerprint density at radius 1 is 0.865 bits per heavy atom. The van der Waals surface area contributed by atoms with E-state index in [9.17, 15) is 29.2 Å². The number of likely N-dealkylation sites (tertiary alicyclic amines) is 2. The predicted molar refractivity (Wildman–Crippen MR) is 268 cm³/mol. The summed E-state index contributed by atoms with van der Waals surface area (Å²) >= 11 is 0. The first kappa shape index (κ1) is 50.1. The Balaban J connectivity index is 0.683. The Morgan fingerprint density at radius 3 is 2.41 bits per heavy atom. The molecule has 0 radical (unpaired) electrons. The summed E-state index contributed by atoms with van der Waals surface area (Å²) in [5, 5.41) is 18.5. The number of nitrogens with one attached hydrogen (secondary N) is 4. The Kier molecular flexibility index (Phi) is 14.3. The molecule has 2 aromatic heterocycles. The summed E-state index contributed by atoms with van der Waals surface area (Å²) < 4.78 is 57.4. The summed E-state index contributed by atoms with van der Waals surface area (Å²) in [6.45, 7) is 4.31. The number of aromatic nitrogens is 2. The first-order valence-electron chi connectivity index (χ1n) is 25.5. The molecule has 10 rings (SSSR count). The number of amides is 5. The molecular formula is C55H58F3N9O7. The number of rotatable bonds is 13. The van der Waals surface area contributed by atoms with Gasteiger partial charge in [0.2, 0.25) is 35.1 Å². The number of benzene rings is 3. The normalized spacial score (nSPS) is 20.8. The second kappa shape index (κ2) is 21.2. The first-order chi connectivity index (χ1) is 35.7. The van der Waals surface area contributed by atoms with Crippen LogP contribution in [0, 0.1) is 23.2 Å². The van der Waals surface area contributed by atoms with Crippen molar-refractivity contribution in [1.29, 1.82) is 5.26 Å². The van der Waals surface area contributed by atoms with Gasteiger partial charge < -0.3 is 39.8 Å². The molecule has 5 aliphatic rings. The molecule has 5 aliphatic heterocycles. The van der Waals surface area contributed by atoms with Gasteiger partial charge in [-0.25, -0.2) is 0 Å². The molecule has 5 aromatic rings. The summed E-state index contributed by atoms with van der Waals surface area (Å²) in [6, 6.07) is 22.5. The van der Waals surface area contributed by atoms with Crippen LogP contribution in [0.25, 0.3) is 22.2 Å². The lowest BCUT2D eigenvalue weighted by molar-refractivity contribution is -0.260. The van der Waals surface area contributed by atoms with Crippen LogP contribution in [0.3, 0.4) is 0 Å². The summed E-state index contributed by atoms with van der Waals surface area (Å²) in [6.07, 6.45) is 1.88. The predicted octanol–water partition coefficient (Wildman–Crippen LogP) is 7.17. The van der Waals surface area contributed by atoms with Crippen LogP contribution in [0.15, 0.2) is 85.2 Å². The van der Waals surface area contributed by atoms with E-state index in [1.807, 2.05) is 12.3 Å². The van der Waals surface area contributed by atoms with Crippen molar-refractivity contribution in [1.82, 2.24) is 30.4 Å². The number of carbonyl (C=O) groups is 5. The summed E-state index contributed by atoms with van der Waals surface area (Å²) in [5.41, 5.74) is 2.11. The molecule has 4 N–H and O–H groups in total. The number of nitriles is 1. The van der Waals surface area contributed by atoms with E-state index >= 15 is 13.2 Å². The van der Waals surface area contributed by atoms with Gasteiger partial charge in [-0.15, -0.1) is 0 Å². The molecule has 74 heavy (non-hydrogen) atoms. The number of carbonyl (C=O) groups excluding carboxylic acids is 5. The maximum Gasteiger partial charge on any atom is 0.428 e. The molecule has 16 nitrogen and oxygen atoms in total. The fourth-order valence-electron chi connectivity index (χ4n) is 11.3. The molecule has 0 bridgehead atoms. The van der Waals surface area contributed by atoms with Crippen molar-refractivity contribution in [2.45, 2.75) is 81.4 Å². The number of hydrogen-bond donors (Lipinski definition) is 4. The van der Waals surface area contributed by atoms with Gasteiger partial charge in [0.25, 0.3) is 0 Å². The van der Waals surface area contributed by atoms with E-state index in [4.69, 9.17) is 9.47 Å². The highest BCUT2D eigenvalue weighted by Gasteiger charge is 2.59. The molecule has 1 unspecified atom stereocenters. The lowest BCUT2D eigenvalue weighted by atomic mass is 9.86. The van der Waals surface area contributed by atoms with E-state index in [0.29, 0.717) is 63.5 Å². The molecule has 7 heterocycles. The average molecular weight is 1010 g/mol. The Labute approximate surface area is 425 Å². The molecule has 386 valence electrons. The summed E-state index contributed by atoms with van der Waals surface area (Å²) in [7, 11) is 0. The van der Waals surface area contributed by atoms with Crippen LogP contribution in [0.5, 0.6) is 11.5 Å². The highest BCUT2D eigenvalue weighted by molar-refractivity contribution is 6.02. The maximum atomic E-state index is 15.1. The van der Waals surface area contributed by atoms with Gasteiger partial charge in [0.15, 0.2) is 0 Å². The number of para-hydroxylation sites is 1. The van der Waals surface area contributed by atoms with Gasteiger partial charge in [-0.2, -0.15) is 18.4 Å². The van der Waals surface area contributed by atoms with Gasteiger partial charge in [-0.1, -0.05) is 18.2 Å². The monoisotopic (exact) mass is 1010 g/mol. The first-order valence-corrected chi connectivity index (χ1v) is 25.5. The zero-order valence-corrected chi connectivity index (χ0v) is 40.8. The standard InChI is InChI=1S/C55H58F3N9O7/c56-55(57,58)54(74-48-7-2-1-5-41(48)47-28-42-36(30-59)4-3-6-45(42)62-47)16-23-67(24-17-54)53(72)44-29-50(69)63-46-10-8-39(27-43(44)46)73-25-18-61-51(70)35-14-19-65(20-15-35)33-34-12-21-66(22-13-34)38-26-37(31-60-32-38)40-9-11-49(68)64-52(40)71/h1-8,10,26-28,31-32,34-35,40,44,62H,9,11-25,29,33H2,(H,61,70)(H,63,69)(H,64,68,71)/t40?,44-/m0/s1. The average Bonchev–Trinajstić information content (AvgIpc) is 3.85. The molecule has 0 spiro atoms. The largest absolute Gasteiger partial charge is 0.492 e. The van der Waals surface area contributed by atoms with E-state index in [-0.39, 0.29) is 73.9 Å². The minimum Gasteiger partial charge on any atom is -0.492 e. The van der Waals surface area contributed by atoms with Crippen LogP contribution in [-0.2, 0) is 24.0 Å². The molecular weight excluding hydrogens is 956 g/mol. The minimum absolute atomic E-state index is 0.00880. The third kappa shape index (κ3) is 10.6. The molecule has 2 atom stereocenters. The highest BCUT2D eigenvalue weighted by atomic mass is 19.4. The number of H-pyrrole nitrogens is 1. The SMILES string of the molecule is N#Cc1cccc2[nH]c(-c3ccccc3OC3(C(F)(F)F)CCN(C(=O)[C@H]4CC(=O)Nc5ccc(OCCNC(=O)C6CCN(CC7CCN(c8cncc(C9CCC(=O)NC9=O)c8)CC7)CC6)cc54)CC3)cc12. The Morgan fingerprint density at radius 2 is 1.65 bits per heavy atom. The van der Waals surface area contributed by atoms with Crippen molar-refractivity contribution in [3.63, 3.8) is 0 Å². The third-order valence-corrected chi connectivity index (χ3v) is 15.5. The van der Waals surface area contributed by atoms with Gasteiger partial charge in [0, 0.05) is 92.7 Å². The topological polar surface area (TPSA) is 202 Å². The maximum absolute atomic E-state index is 15.1. The van der Waals surface area contributed by atoms with Crippen LogP contribution in [-0.4, -0.2) is 120 Å². The Bertz CT molecular complexity index is 2980. The summed E-state index contributed by atoms with van der Waals surface area (Å²) in [5.74, 6) is -1.84. The van der Waals surface area contributed by atoms with Crippen LogP contribution >= 0.6 is 0 Å². The van der Waals surface area contributed by atoms with Gasteiger partial charge in [-0.05, 0) is 117 Å². The van der Waals surface area contributed by atoms with E-state index in [1.165, 1.54) is 11.0 Å². The molecule has 0 aliphatic carbocycles. The minimum atomic E-state index is -4.79. The van der Waals surface area contributed by atoms with Gasteiger partial charge in [0.1, 0.15) is 18.1 Å². The quantitative estimate of drug-likeness (QED) is 0.0688. The number of ether oxygens (including phenoxy) is 2. The molecule has 4 fully saturated rings. The number of imide groups is 1. The van der Waals surface area contributed by atoms with Gasteiger partial charge in [-0.3, -0.25) is 34.3 Å². The number of halogens is 3. The zero-order valence-electron chi connectivity index (χ0n) is 40.8. The van der Waals surface area contributed by atoms with Crippen molar-refractivity contribution >= 4 is 51.8 Å². The number of aromatic amines is 1. The van der Waals surface area contributed by atoms with Crippen LogP contribution in [0.4, 0.5) is 24.5 Å². The van der Waals surface area contributed by atoms with Crippen LogP contribution in [0.2, 0.25) is 0 Å². The highest BCUT2D eigenvalue weighted by Crippen LogP contribution is 2.46. The molecule has 5 amide bonds. The smallest absolute Gasteiger partial charge is 0.428 e. The third-order valence-electron chi connectivity index (χ3n) is 15.5. The van der Waals surface area contributed by atoms with Crippen LogP contribution in [0.1, 0.15) is 86.3 Å². The van der Waals surface area contributed by atoms with Crippen LogP contribution < -0.4 is 30.3 Å². The Hall–Kier alpha value is -7.46. The number of anilines is 2. The molecule has 3 aromatic carbocycles. The summed E-state index contributed by atoms with van der Waals surface area (Å²) in [4.78, 5) is 78.1. The fourth-order valence-corrected chi connectivity index (χ4v) is 11.3. The number of piperidine rings is 4. The number of fused-ring (bicyclic) bond motifs is 2. The molecule has 0 saturated carbocycles. The second-order valence-corrected chi connectivity index (χ2v) is 20.2. The van der Waals surface area contributed by atoms with Crippen molar-refractivity contribution < 1.29 is 46.6 Å². The van der Waals surface area contributed by atoms with E-state index in [0.717, 1.165) is 69.7 Å². The number of nitrogens with zero attached hydrogens (tertiary/aromatic N) is 5. The van der Waals surface area contributed by atoms with E-state index in [2.05, 4.69) is 41.8 Å². The lowest BCUT2D eigenvalue weighted by Gasteiger charge is -2.43.